The lowest BCUT2D eigenvalue weighted by molar-refractivity contribution is -0.117. The topological polar surface area (TPSA) is 17.1 Å². The Kier molecular flexibility index (Phi) is 4.20. The highest BCUT2D eigenvalue weighted by molar-refractivity contribution is 5.91. The Morgan fingerprint density at radius 2 is 1.85 bits per heavy atom. The highest BCUT2D eigenvalue weighted by Crippen LogP contribution is 2.24. The Morgan fingerprint density at radius 1 is 1.23 bits per heavy atom. The van der Waals surface area contributed by atoms with Gasteiger partial charge in [0.1, 0.15) is 0 Å². The minimum absolute atomic E-state index is 0.153. The first-order valence-electron chi connectivity index (χ1n) is 5.42. The summed E-state index contributed by atoms with van der Waals surface area (Å²) < 4.78 is 0. The second kappa shape index (κ2) is 5.21. The standard InChI is InChI=1S/C12H20O/c1-10(2)12(13)9-8-11-6-4-3-5-7-11/h8-11H,3-7H2,1-2H3/b9-8+. The highest BCUT2D eigenvalue weighted by atomic mass is 16.1. The highest BCUT2D eigenvalue weighted by Gasteiger charge is 2.10. The van der Waals surface area contributed by atoms with Crippen LogP contribution in [0.2, 0.25) is 0 Å². The molecule has 0 aromatic carbocycles. The van der Waals surface area contributed by atoms with Crippen LogP contribution in [-0.4, -0.2) is 5.78 Å². The van der Waals surface area contributed by atoms with Gasteiger partial charge in [0.2, 0.25) is 0 Å². The van der Waals surface area contributed by atoms with Crippen molar-refractivity contribution in [2.75, 3.05) is 0 Å². The minimum atomic E-state index is 0.153. The molecular formula is C12H20O. The molecule has 0 radical (unpaired) electrons. The first-order chi connectivity index (χ1) is 6.20. The Hall–Kier alpha value is -0.590. The van der Waals surface area contributed by atoms with Crippen LogP contribution < -0.4 is 0 Å². The fourth-order valence-electron chi connectivity index (χ4n) is 1.75. The van der Waals surface area contributed by atoms with E-state index >= 15 is 0 Å². The number of carbonyl (C=O) groups is 1. The van der Waals surface area contributed by atoms with Crippen molar-refractivity contribution < 1.29 is 4.79 Å². The molecule has 74 valence electrons. The summed E-state index contributed by atoms with van der Waals surface area (Å²) in [5.41, 5.74) is 0. The van der Waals surface area contributed by atoms with Gasteiger partial charge in [-0.15, -0.1) is 0 Å². The molecule has 1 saturated carbocycles. The van der Waals surface area contributed by atoms with Gasteiger partial charge in [-0.2, -0.15) is 0 Å². The molecule has 0 aliphatic heterocycles. The summed E-state index contributed by atoms with van der Waals surface area (Å²) in [6.45, 7) is 3.90. The van der Waals surface area contributed by atoms with Gasteiger partial charge in [-0.1, -0.05) is 39.2 Å². The monoisotopic (exact) mass is 180 g/mol. The SMILES string of the molecule is CC(C)C(=O)/C=C/C1CCCCC1. The number of ketones is 1. The van der Waals surface area contributed by atoms with E-state index in [1.165, 1.54) is 32.1 Å². The van der Waals surface area contributed by atoms with Gasteiger partial charge < -0.3 is 0 Å². The van der Waals surface area contributed by atoms with Gasteiger partial charge in [0, 0.05) is 5.92 Å². The molecule has 1 nitrogen and oxygen atoms in total. The number of hydrogen-bond acceptors (Lipinski definition) is 1. The average Bonchev–Trinajstić information content (AvgIpc) is 2.15. The van der Waals surface area contributed by atoms with Crippen LogP contribution in [-0.2, 0) is 4.79 Å². The van der Waals surface area contributed by atoms with Gasteiger partial charge in [-0.05, 0) is 24.8 Å². The van der Waals surface area contributed by atoms with Gasteiger partial charge in [0.05, 0.1) is 0 Å². The van der Waals surface area contributed by atoms with E-state index in [4.69, 9.17) is 0 Å². The predicted octanol–water partition coefficient (Wildman–Crippen LogP) is 3.35. The molecule has 0 atom stereocenters. The molecule has 0 bridgehead atoms. The van der Waals surface area contributed by atoms with Crippen molar-refractivity contribution >= 4 is 5.78 Å². The molecule has 13 heavy (non-hydrogen) atoms. The maximum absolute atomic E-state index is 11.3. The van der Waals surface area contributed by atoms with E-state index in [1.54, 1.807) is 6.08 Å². The first kappa shape index (κ1) is 10.5. The number of carbonyl (C=O) groups excluding carboxylic acids is 1. The predicted molar refractivity (Wildman–Crippen MR) is 55.6 cm³/mol. The molecule has 0 unspecified atom stereocenters. The summed E-state index contributed by atoms with van der Waals surface area (Å²) in [5, 5.41) is 0. The maximum atomic E-state index is 11.3. The largest absolute Gasteiger partial charge is 0.295 e. The zero-order valence-electron chi connectivity index (χ0n) is 8.75. The zero-order chi connectivity index (χ0) is 9.68. The fourth-order valence-corrected chi connectivity index (χ4v) is 1.75. The number of hydrogen-bond donors (Lipinski definition) is 0. The smallest absolute Gasteiger partial charge is 0.157 e. The fraction of sp³-hybridized carbons (Fsp3) is 0.750. The van der Waals surface area contributed by atoms with Gasteiger partial charge in [0.15, 0.2) is 5.78 Å². The molecule has 1 aliphatic carbocycles. The third-order valence-electron chi connectivity index (χ3n) is 2.75. The van der Waals surface area contributed by atoms with Crippen molar-refractivity contribution in [2.45, 2.75) is 46.0 Å². The first-order valence-corrected chi connectivity index (χ1v) is 5.42. The van der Waals surface area contributed by atoms with Crippen molar-refractivity contribution in [2.24, 2.45) is 11.8 Å². The number of allylic oxidation sites excluding steroid dienone is 2. The lowest BCUT2D eigenvalue weighted by Gasteiger charge is -2.17. The molecule has 1 fully saturated rings. The molecule has 1 heteroatoms. The van der Waals surface area contributed by atoms with E-state index in [-0.39, 0.29) is 11.7 Å². The number of rotatable bonds is 3. The van der Waals surface area contributed by atoms with E-state index in [0.717, 1.165) is 0 Å². The second-order valence-electron chi connectivity index (χ2n) is 4.31. The van der Waals surface area contributed by atoms with Crippen LogP contribution in [0, 0.1) is 11.8 Å². The van der Waals surface area contributed by atoms with Gasteiger partial charge >= 0.3 is 0 Å². The lowest BCUT2D eigenvalue weighted by atomic mass is 9.88. The Morgan fingerprint density at radius 3 is 2.38 bits per heavy atom. The molecule has 1 rings (SSSR count). The molecule has 0 heterocycles. The van der Waals surface area contributed by atoms with E-state index in [9.17, 15) is 4.79 Å². The quantitative estimate of drug-likeness (QED) is 0.609. The van der Waals surface area contributed by atoms with Gasteiger partial charge in [-0.3, -0.25) is 4.79 Å². The van der Waals surface area contributed by atoms with Crippen LogP contribution >= 0.6 is 0 Å². The van der Waals surface area contributed by atoms with E-state index < -0.39 is 0 Å². The van der Waals surface area contributed by atoms with Crippen LogP contribution in [0.1, 0.15) is 46.0 Å². The molecule has 0 saturated heterocycles. The van der Waals surface area contributed by atoms with Crippen molar-refractivity contribution in [1.82, 2.24) is 0 Å². The Labute approximate surface area is 81.2 Å². The van der Waals surface area contributed by atoms with E-state index in [1.807, 2.05) is 13.8 Å². The van der Waals surface area contributed by atoms with E-state index in [2.05, 4.69) is 6.08 Å². The van der Waals surface area contributed by atoms with Crippen molar-refractivity contribution in [1.29, 1.82) is 0 Å². The van der Waals surface area contributed by atoms with Crippen molar-refractivity contribution in [3.8, 4) is 0 Å². The molecule has 0 amide bonds. The summed E-state index contributed by atoms with van der Waals surface area (Å²) >= 11 is 0. The minimum Gasteiger partial charge on any atom is -0.295 e. The van der Waals surface area contributed by atoms with E-state index in [0.29, 0.717) is 5.92 Å². The summed E-state index contributed by atoms with van der Waals surface area (Å²) in [6.07, 6.45) is 10.5. The maximum Gasteiger partial charge on any atom is 0.157 e. The molecule has 1 aliphatic rings. The van der Waals surface area contributed by atoms with Crippen molar-refractivity contribution in [3.05, 3.63) is 12.2 Å². The van der Waals surface area contributed by atoms with Crippen LogP contribution in [0.15, 0.2) is 12.2 Å². The molecular weight excluding hydrogens is 160 g/mol. The van der Waals surface area contributed by atoms with Crippen LogP contribution in [0.3, 0.4) is 0 Å². The van der Waals surface area contributed by atoms with Crippen LogP contribution in [0.25, 0.3) is 0 Å². The van der Waals surface area contributed by atoms with Gasteiger partial charge in [-0.25, -0.2) is 0 Å². The summed E-state index contributed by atoms with van der Waals surface area (Å²) in [4.78, 5) is 11.3. The lowest BCUT2D eigenvalue weighted by Crippen LogP contribution is -2.06. The average molecular weight is 180 g/mol. The van der Waals surface area contributed by atoms with Gasteiger partial charge in [0.25, 0.3) is 0 Å². The molecule has 0 aromatic rings. The zero-order valence-corrected chi connectivity index (χ0v) is 8.75. The third kappa shape index (κ3) is 3.75. The van der Waals surface area contributed by atoms with Crippen LogP contribution in [0.5, 0.6) is 0 Å². The molecule has 0 N–H and O–H groups in total. The third-order valence-corrected chi connectivity index (χ3v) is 2.75. The summed E-state index contributed by atoms with van der Waals surface area (Å²) in [7, 11) is 0. The Bertz CT molecular complexity index is 185. The summed E-state index contributed by atoms with van der Waals surface area (Å²) in [5.74, 6) is 1.10. The van der Waals surface area contributed by atoms with Crippen LogP contribution in [0.4, 0.5) is 0 Å². The second-order valence-corrected chi connectivity index (χ2v) is 4.31. The normalized spacial score (nSPS) is 19.9. The molecule has 0 aromatic heterocycles. The Balaban J connectivity index is 2.33. The van der Waals surface area contributed by atoms with Crippen molar-refractivity contribution in [3.63, 3.8) is 0 Å². The molecule has 0 spiro atoms. The summed E-state index contributed by atoms with van der Waals surface area (Å²) in [6, 6.07) is 0.